The van der Waals surface area contributed by atoms with Gasteiger partial charge in [0.2, 0.25) is 0 Å². The fraction of sp³-hybridized carbons (Fsp3) is 0.577. The first kappa shape index (κ1) is 21.8. The van der Waals surface area contributed by atoms with Crippen LogP contribution in [0.15, 0.2) is 36.4 Å². The zero-order valence-corrected chi connectivity index (χ0v) is 18.8. The van der Waals surface area contributed by atoms with Crippen molar-refractivity contribution in [3.05, 3.63) is 42.0 Å². The average Bonchev–Trinajstić information content (AvgIpc) is 2.72. The van der Waals surface area contributed by atoms with Gasteiger partial charge in [-0.2, -0.15) is 0 Å². The van der Waals surface area contributed by atoms with Gasteiger partial charge in [-0.1, -0.05) is 52.3 Å². The van der Waals surface area contributed by atoms with Crippen LogP contribution in [0, 0.1) is 17.8 Å². The number of fused-ring (bicyclic) bond motifs is 1. The molecule has 1 aliphatic carbocycles. The molecule has 0 spiro atoms. The minimum Gasteiger partial charge on any atom is -0.497 e. The van der Waals surface area contributed by atoms with Crippen molar-refractivity contribution in [1.29, 1.82) is 0 Å². The summed E-state index contributed by atoms with van der Waals surface area (Å²) in [5.41, 5.74) is 0.860. The second kappa shape index (κ2) is 9.75. The SMILES string of the molecule is CC.COc1ccc2cc(C(=O)[C@@H]3CN(C4CCC4)CCC3C(C)C)ccc2c1. The first-order valence-corrected chi connectivity index (χ1v) is 11.4. The Hall–Kier alpha value is -1.87. The average molecular weight is 396 g/mol. The summed E-state index contributed by atoms with van der Waals surface area (Å²) in [6, 6.07) is 12.9. The van der Waals surface area contributed by atoms with Crippen molar-refractivity contribution in [2.24, 2.45) is 17.8 Å². The number of carbonyl (C=O) groups is 1. The monoisotopic (exact) mass is 395 g/mol. The molecule has 1 unspecified atom stereocenters. The molecule has 1 heterocycles. The summed E-state index contributed by atoms with van der Waals surface area (Å²) in [5, 5.41) is 2.22. The molecule has 29 heavy (non-hydrogen) atoms. The topological polar surface area (TPSA) is 29.5 Å². The summed E-state index contributed by atoms with van der Waals surface area (Å²) >= 11 is 0. The van der Waals surface area contributed by atoms with Crippen molar-refractivity contribution in [2.75, 3.05) is 20.2 Å². The number of benzene rings is 2. The van der Waals surface area contributed by atoms with Gasteiger partial charge in [-0.15, -0.1) is 0 Å². The van der Waals surface area contributed by atoms with Crippen LogP contribution in [0.2, 0.25) is 0 Å². The number of nitrogens with zero attached hydrogens (tertiary/aromatic N) is 1. The highest BCUT2D eigenvalue weighted by Crippen LogP contribution is 2.36. The number of likely N-dealkylation sites (tertiary alicyclic amines) is 1. The normalized spacial score (nSPS) is 22.7. The predicted octanol–water partition coefficient (Wildman–Crippen LogP) is 6.20. The number of carbonyl (C=O) groups excluding carboxylic acids is 1. The van der Waals surface area contributed by atoms with E-state index in [1.165, 1.54) is 19.3 Å². The summed E-state index contributed by atoms with van der Waals surface area (Å²) in [4.78, 5) is 16.1. The zero-order valence-electron chi connectivity index (χ0n) is 18.8. The van der Waals surface area contributed by atoms with Gasteiger partial charge in [0.25, 0.3) is 0 Å². The molecule has 4 rings (SSSR count). The maximum atomic E-state index is 13.5. The highest BCUT2D eigenvalue weighted by Gasteiger charge is 2.39. The van der Waals surface area contributed by atoms with E-state index in [1.54, 1.807) is 7.11 Å². The Morgan fingerprint density at radius 1 is 1.03 bits per heavy atom. The number of rotatable bonds is 5. The number of hydrogen-bond donors (Lipinski definition) is 0. The van der Waals surface area contributed by atoms with Gasteiger partial charge >= 0.3 is 0 Å². The Morgan fingerprint density at radius 3 is 2.34 bits per heavy atom. The fourth-order valence-electron chi connectivity index (χ4n) is 4.87. The highest BCUT2D eigenvalue weighted by atomic mass is 16.5. The molecule has 0 N–H and O–H groups in total. The standard InChI is InChI=1S/C24H31NO2.C2H6/c1-16(2)22-11-12-25(20-5-4-6-20)15-23(22)24(26)19-8-7-18-14-21(27-3)10-9-17(18)13-19;1-2/h7-10,13-14,16,20,22-23H,4-6,11-12,15H2,1-3H3;1-2H3/t22?,23-;/m1./s1. The van der Waals surface area contributed by atoms with Gasteiger partial charge in [0.15, 0.2) is 5.78 Å². The molecule has 2 atom stereocenters. The zero-order chi connectivity index (χ0) is 21.0. The number of hydrogen-bond acceptors (Lipinski definition) is 3. The summed E-state index contributed by atoms with van der Waals surface area (Å²) in [7, 11) is 1.68. The van der Waals surface area contributed by atoms with Crippen molar-refractivity contribution in [1.82, 2.24) is 4.90 Å². The van der Waals surface area contributed by atoms with Gasteiger partial charge in [0.1, 0.15) is 5.75 Å². The number of methoxy groups -OCH3 is 1. The minimum absolute atomic E-state index is 0.120. The molecule has 1 saturated heterocycles. The molecule has 0 bridgehead atoms. The number of piperidine rings is 1. The second-order valence-electron chi connectivity index (χ2n) is 8.67. The lowest BCUT2D eigenvalue weighted by Crippen LogP contribution is -2.51. The highest BCUT2D eigenvalue weighted by molar-refractivity contribution is 6.01. The summed E-state index contributed by atoms with van der Waals surface area (Å²) < 4.78 is 5.31. The van der Waals surface area contributed by atoms with Gasteiger partial charge in [-0.25, -0.2) is 0 Å². The van der Waals surface area contributed by atoms with E-state index in [9.17, 15) is 4.79 Å². The lowest BCUT2D eigenvalue weighted by molar-refractivity contribution is 0.0304. The maximum absolute atomic E-state index is 13.5. The lowest BCUT2D eigenvalue weighted by atomic mass is 9.73. The molecule has 3 nitrogen and oxygen atoms in total. The van der Waals surface area contributed by atoms with E-state index in [0.29, 0.717) is 17.6 Å². The third kappa shape index (κ3) is 4.66. The summed E-state index contributed by atoms with van der Waals surface area (Å²) in [5.74, 6) is 2.34. The molecular formula is C26H37NO2. The van der Waals surface area contributed by atoms with E-state index in [-0.39, 0.29) is 5.92 Å². The minimum atomic E-state index is 0.120. The van der Waals surface area contributed by atoms with Crippen LogP contribution >= 0.6 is 0 Å². The Labute approximate surface area is 176 Å². The van der Waals surface area contributed by atoms with Crippen LogP contribution in [-0.4, -0.2) is 36.9 Å². The van der Waals surface area contributed by atoms with E-state index in [2.05, 4.69) is 30.9 Å². The second-order valence-corrected chi connectivity index (χ2v) is 8.67. The van der Waals surface area contributed by atoms with Gasteiger partial charge in [-0.05, 0) is 66.6 Å². The summed E-state index contributed by atoms with van der Waals surface area (Å²) in [6.45, 7) is 10.6. The Balaban J connectivity index is 0.00000117. The fourth-order valence-corrected chi connectivity index (χ4v) is 4.87. The van der Waals surface area contributed by atoms with Crippen LogP contribution in [0.1, 0.15) is 63.7 Å². The van der Waals surface area contributed by atoms with E-state index >= 15 is 0 Å². The van der Waals surface area contributed by atoms with Crippen LogP contribution < -0.4 is 4.74 Å². The smallest absolute Gasteiger partial charge is 0.167 e. The molecule has 2 aromatic rings. The van der Waals surface area contributed by atoms with E-state index in [4.69, 9.17) is 4.74 Å². The Bertz CT molecular complexity index is 825. The van der Waals surface area contributed by atoms with E-state index in [0.717, 1.165) is 47.6 Å². The molecule has 0 aromatic heterocycles. The van der Waals surface area contributed by atoms with Gasteiger partial charge in [-0.3, -0.25) is 9.69 Å². The lowest BCUT2D eigenvalue weighted by Gasteiger charge is -2.46. The van der Waals surface area contributed by atoms with Gasteiger partial charge < -0.3 is 4.74 Å². The van der Waals surface area contributed by atoms with Crippen molar-refractivity contribution < 1.29 is 9.53 Å². The van der Waals surface area contributed by atoms with Crippen molar-refractivity contribution in [2.45, 2.75) is 59.4 Å². The van der Waals surface area contributed by atoms with Crippen LogP contribution in [0.3, 0.4) is 0 Å². The van der Waals surface area contributed by atoms with E-state index < -0.39 is 0 Å². The molecular weight excluding hydrogens is 358 g/mol. The molecule has 1 aliphatic heterocycles. The number of ether oxygens (including phenoxy) is 1. The molecule has 0 radical (unpaired) electrons. The van der Waals surface area contributed by atoms with Crippen LogP contribution in [-0.2, 0) is 0 Å². The molecule has 3 heteroatoms. The molecule has 0 amide bonds. The molecule has 1 saturated carbocycles. The quantitative estimate of drug-likeness (QED) is 0.564. The third-order valence-corrected chi connectivity index (χ3v) is 6.81. The van der Waals surface area contributed by atoms with Crippen molar-refractivity contribution in [3.63, 3.8) is 0 Å². The number of Topliss-reactive ketones (excluding diaryl/α,β-unsaturated/α-hetero) is 1. The van der Waals surface area contributed by atoms with Gasteiger partial charge in [0, 0.05) is 24.1 Å². The first-order valence-electron chi connectivity index (χ1n) is 11.4. The molecule has 2 aliphatic rings. The largest absolute Gasteiger partial charge is 0.497 e. The van der Waals surface area contributed by atoms with E-state index in [1.807, 2.05) is 38.1 Å². The Morgan fingerprint density at radius 2 is 1.72 bits per heavy atom. The van der Waals surface area contributed by atoms with Crippen LogP contribution in [0.4, 0.5) is 0 Å². The summed E-state index contributed by atoms with van der Waals surface area (Å²) in [6.07, 6.45) is 5.12. The Kier molecular flexibility index (Phi) is 7.34. The maximum Gasteiger partial charge on any atom is 0.167 e. The van der Waals surface area contributed by atoms with Crippen LogP contribution in [0.5, 0.6) is 5.75 Å². The number of ketones is 1. The molecule has 158 valence electrons. The van der Waals surface area contributed by atoms with Crippen molar-refractivity contribution >= 4 is 16.6 Å². The molecule has 2 fully saturated rings. The van der Waals surface area contributed by atoms with Gasteiger partial charge in [0.05, 0.1) is 7.11 Å². The first-order chi connectivity index (χ1) is 14.1. The molecule has 2 aromatic carbocycles. The third-order valence-electron chi connectivity index (χ3n) is 6.81. The van der Waals surface area contributed by atoms with Crippen LogP contribution in [0.25, 0.3) is 10.8 Å². The van der Waals surface area contributed by atoms with Crippen molar-refractivity contribution in [3.8, 4) is 5.75 Å². The predicted molar refractivity (Wildman–Crippen MR) is 122 cm³/mol.